The van der Waals surface area contributed by atoms with Gasteiger partial charge in [-0.25, -0.2) is 4.79 Å². The summed E-state index contributed by atoms with van der Waals surface area (Å²) in [5, 5.41) is 8.30. The number of hydrogen-bond donors (Lipinski definition) is 4. The normalized spacial score (nSPS) is 22.3. The van der Waals surface area contributed by atoms with Crippen LogP contribution in [0.5, 0.6) is 0 Å². The molecule has 3 amide bonds. The number of urea groups is 1. The Labute approximate surface area is 76.2 Å². The van der Waals surface area contributed by atoms with E-state index in [2.05, 4.69) is 10.6 Å². The van der Waals surface area contributed by atoms with Gasteiger partial charge >= 0.3 is 6.03 Å². The molecular weight excluding hydrogens is 172 g/mol. The highest BCUT2D eigenvalue weighted by molar-refractivity contribution is 5.93. The average Bonchev–Trinajstić information content (AvgIpc) is 2.04. The second kappa shape index (κ2) is 4.78. The van der Waals surface area contributed by atoms with E-state index in [1.807, 2.05) is 5.32 Å². The van der Waals surface area contributed by atoms with Crippen LogP contribution in [0.3, 0.4) is 0 Å². The zero-order chi connectivity index (χ0) is 9.68. The van der Waals surface area contributed by atoms with Crippen LogP contribution < -0.4 is 21.7 Å². The van der Waals surface area contributed by atoms with Crippen LogP contribution in [0.2, 0.25) is 0 Å². The molecule has 1 aliphatic rings. The van der Waals surface area contributed by atoms with Crippen molar-refractivity contribution in [3.63, 3.8) is 0 Å². The fourth-order valence-electron chi connectivity index (χ4n) is 1.27. The molecule has 1 saturated heterocycles. The summed E-state index contributed by atoms with van der Waals surface area (Å²) in [6.45, 7) is 2.49. The van der Waals surface area contributed by atoms with Crippen LogP contribution in [0.25, 0.3) is 0 Å². The van der Waals surface area contributed by atoms with Gasteiger partial charge in [0.25, 0.3) is 0 Å². The number of nitrogens with two attached hydrogens (primary N) is 1. The van der Waals surface area contributed by atoms with Crippen LogP contribution in [0.4, 0.5) is 4.79 Å². The molecule has 6 nitrogen and oxygen atoms in total. The van der Waals surface area contributed by atoms with Crippen LogP contribution >= 0.6 is 0 Å². The first-order chi connectivity index (χ1) is 6.18. The van der Waals surface area contributed by atoms with Crippen molar-refractivity contribution in [1.29, 1.82) is 0 Å². The molecule has 1 atom stereocenters. The van der Waals surface area contributed by atoms with Crippen molar-refractivity contribution in [3.05, 3.63) is 0 Å². The van der Waals surface area contributed by atoms with Gasteiger partial charge in [-0.1, -0.05) is 0 Å². The van der Waals surface area contributed by atoms with Crippen LogP contribution in [-0.2, 0) is 4.79 Å². The molecule has 0 aromatic rings. The summed E-state index contributed by atoms with van der Waals surface area (Å²) in [5.41, 5.74) is 4.79. The van der Waals surface area contributed by atoms with E-state index in [9.17, 15) is 9.59 Å². The molecule has 1 unspecified atom stereocenters. The maximum atomic E-state index is 11.0. The highest BCUT2D eigenvalue weighted by atomic mass is 16.2. The monoisotopic (exact) mass is 186 g/mol. The number of carbonyl (C=O) groups excluding carboxylic acids is 2. The zero-order valence-electron chi connectivity index (χ0n) is 7.30. The van der Waals surface area contributed by atoms with E-state index in [0.717, 1.165) is 19.6 Å². The van der Waals surface area contributed by atoms with Gasteiger partial charge in [0, 0.05) is 32.1 Å². The first-order valence-corrected chi connectivity index (χ1v) is 4.22. The number of rotatable bonds is 2. The van der Waals surface area contributed by atoms with Crippen molar-refractivity contribution in [2.75, 3.05) is 19.6 Å². The van der Waals surface area contributed by atoms with Gasteiger partial charge in [0.05, 0.1) is 0 Å². The first-order valence-electron chi connectivity index (χ1n) is 4.22. The largest absolute Gasteiger partial charge is 0.351 e. The standard InChI is InChI=1S/C7H14N4O2/c8-7(13)11-6(12)3-5-4-9-1-2-10-5/h5,9-10H,1-4H2,(H3,8,11,12,13). The minimum Gasteiger partial charge on any atom is -0.351 e. The van der Waals surface area contributed by atoms with E-state index >= 15 is 0 Å². The molecule has 0 spiro atoms. The Balaban J connectivity index is 2.22. The van der Waals surface area contributed by atoms with Crippen LogP contribution in [-0.4, -0.2) is 37.6 Å². The third-order valence-electron chi connectivity index (χ3n) is 1.82. The highest BCUT2D eigenvalue weighted by Gasteiger charge is 2.16. The van der Waals surface area contributed by atoms with Crippen LogP contribution in [0.15, 0.2) is 0 Å². The van der Waals surface area contributed by atoms with Gasteiger partial charge in [0.15, 0.2) is 0 Å². The van der Waals surface area contributed by atoms with Gasteiger partial charge in [0.1, 0.15) is 0 Å². The van der Waals surface area contributed by atoms with E-state index < -0.39 is 6.03 Å². The predicted molar refractivity (Wildman–Crippen MR) is 47.0 cm³/mol. The van der Waals surface area contributed by atoms with Gasteiger partial charge in [0.2, 0.25) is 5.91 Å². The summed E-state index contributed by atoms with van der Waals surface area (Å²) in [6.07, 6.45) is 0.274. The lowest BCUT2D eigenvalue weighted by molar-refractivity contribution is -0.120. The number of piperazine rings is 1. The van der Waals surface area contributed by atoms with E-state index in [1.165, 1.54) is 0 Å². The molecule has 74 valence electrons. The third kappa shape index (κ3) is 3.86. The maximum Gasteiger partial charge on any atom is 0.318 e. The molecule has 0 radical (unpaired) electrons. The molecule has 0 aromatic heterocycles. The summed E-state index contributed by atoms with van der Waals surface area (Å²) >= 11 is 0. The number of nitrogens with one attached hydrogen (secondary N) is 3. The average molecular weight is 186 g/mol. The molecule has 13 heavy (non-hydrogen) atoms. The molecule has 1 rings (SSSR count). The van der Waals surface area contributed by atoms with Crippen molar-refractivity contribution in [2.45, 2.75) is 12.5 Å². The van der Waals surface area contributed by atoms with Crippen LogP contribution in [0, 0.1) is 0 Å². The second-order valence-corrected chi connectivity index (χ2v) is 2.97. The van der Waals surface area contributed by atoms with Crippen molar-refractivity contribution >= 4 is 11.9 Å². The summed E-state index contributed by atoms with van der Waals surface area (Å²) in [6, 6.07) is -0.707. The van der Waals surface area contributed by atoms with Crippen molar-refractivity contribution < 1.29 is 9.59 Å². The lowest BCUT2D eigenvalue weighted by Crippen LogP contribution is -2.50. The van der Waals surface area contributed by atoms with Crippen molar-refractivity contribution in [1.82, 2.24) is 16.0 Å². The van der Waals surface area contributed by atoms with Crippen LogP contribution in [0.1, 0.15) is 6.42 Å². The molecule has 5 N–H and O–H groups in total. The Bertz CT molecular complexity index is 201. The van der Waals surface area contributed by atoms with E-state index in [0.29, 0.717) is 0 Å². The predicted octanol–water partition coefficient (Wildman–Crippen LogP) is -1.87. The van der Waals surface area contributed by atoms with Gasteiger partial charge in [-0.05, 0) is 0 Å². The Hall–Kier alpha value is -1.14. The minimum absolute atomic E-state index is 0.0908. The summed E-state index contributed by atoms with van der Waals surface area (Å²) in [4.78, 5) is 21.3. The maximum absolute atomic E-state index is 11.0. The van der Waals surface area contributed by atoms with Crippen molar-refractivity contribution in [3.8, 4) is 0 Å². The molecule has 1 aliphatic heterocycles. The number of imide groups is 1. The van der Waals surface area contributed by atoms with E-state index in [1.54, 1.807) is 0 Å². The Morgan fingerprint density at radius 2 is 2.23 bits per heavy atom. The van der Waals surface area contributed by atoms with Gasteiger partial charge in [-0.15, -0.1) is 0 Å². The number of hydrogen-bond acceptors (Lipinski definition) is 4. The molecular formula is C7H14N4O2. The third-order valence-corrected chi connectivity index (χ3v) is 1.82. The molecule has 0 bridgehead atoms. The Morgan fingerprint density at radius 1 is 1.46 bits per heavy atom. The quantitative estimate of drug-likeness (QED) is 0.406. The van der Waals surface area contributed by atoms with E-state index in [4.69, 9.17) is 5.73 Å². The van der Waals surface area contributed by atoms with Gasteiger partial charge in [-0.3, -0.25) is 10.1 Å². The lowest BCUT2D eigenvalue weighted by Gasteiger charge is -2.23. The molecule has 1 heterocycles. The van der Waals surface area contributed by atoms with Crippen molar-refractivity contribution in [2.24, 2.45) is 5.73 Å². The lowest BCUT2D eigenvalue weighted by atomic mass is 10.1. The summed E-state index contributed by atoms with van der Waals surface area (Å²) in [7, 11) is 0. The SMILES string of the molecule is NC(=O)NC(=O)CC1CNCCN1. The summed E-state index contributed by atoms with van der Waals surface area (Å²) in [5.74, 6) is -0.339. The molecule has 1 fully saturated rings. The number of carbonyl (C=O) groups is 2. The molecule has 0 saturated carbocycles. The van der Waals surface area contributed by atoms with E-state index in [-0.39, 0.29) is 18.4 Å². The minimum atomic E-state index is -0.797. The number of amides is 3. The number of primary amides is 1. The molecule has 0 aromatic carbocycles. The van der Waals surface area contributed by atoms with Gasteiger partial charge < -0.3 is 16.4 Å². The fourth-order valence-corrected chi connectivity index (χ4v) is 1.27. The smallest absolute Gasteiger partial charge is 0.318 e. The Morgan fingerprint density at radius 3 is 2.77 bits per heavy atom. The summed E-state index contributed by atoms with van der Waals surface area (Å²) < 4.78 is 0. The topological polar surface area (TPSA) is 96.2 Å². The Kier molecular flexibility index (Phi) is 3.66. The fraction of sp³-hybridized carbons (Fsp3) is 0.714. The van der Waals surface area contributed by atoms with Gasteiger partial charge in [-0.2, -0.15) is 0 Å². The molecule has 0 aliphatic carbocycles. The zero-order valence-corrected chi connectivity index (χ0v) is 7.30. The second-order valence-electron chi connectivity index (χ2n) is 2.97. The molecule has 6 heteroatoms. The first kappa shape index (κ1) is 9.94. The highest BCUT2D eigenvalue weighted by Crippen LogP contribution is 1.93.